The highest BCUT2D eigenvalue weighted by Crippen LogP contribution is 2.29. The normalized spacial score (nSPS) is 14.8. The van der Waals surface area contributed by atoms with Crippen LogP contribution < -0.4 is 0 Å². The van der Waals surface area contributed by atoms with Crippen molar-refractivity contribution in [2.24, 2.45) is 0 Å². The van der Waals surface area contributed by atoms with Gasteiger partial charge in [0.1, 0.15) is 12.4 Å². The quantitative estimate of drug-likeness (QED) is 0.811. The highest BCUT2D eigenvalue weighted by atomic mass is 79.9. The van der Waals surface area contributed by atoms with Gasteiger partial charge in [0, 0.05) is 17.1 Å². The van der Waals surface area contributed by atoms with Crippen LogP contribution in [0.2, 0.25) is 0 Å². The summed E-state index contributed by atoms with van der Waals surface area (Å²) in [6.45, 7) is 0.985. The van der Waals surface area contributed by atoms with Crippen LogP contribution in [0.25, 0.3) is 11.4 Å². The molecule has 1 aromatic carbocycles. The van der Waals surface area contributed by atoms with Crippen LogP contribution in [0.3, 0.4) is 0 Å². The molecule has 5 heteroatoms. The van der Waals surface area contributed by atoms with Crippen LogP contribution in [0.5, 0.6) is 0 Å². The van der Waals surface area contributed by atoms with Crippen LogP contribution in [-0.2, 0) is 17.9 Å². The first-order chi connectivity index (χ1) is 8.66. The van der Waals surface area contributed by atoms with Crippen molar-refractivity contribution in [3.05, 3.63) is 40.6 Å². The summed E-state index contributed by atoms with van der Waals surface area (Å²) >= 11 is 3.52. The Kier molecular flexibility index (Phi) is 2.70. The van der Waals surface area contributed by atoms with Crippen LogP contribution >= 0.6 is 15.9 Å². The summed E-state index contributed by atoms with van der Waals surface area (Å²) in [5.74, 6) is 0.965. The van der Waals surface area contributed by atoms with Gasteiger partial charge in [-0.1, -0.05) is 34.1 Å². The minimum atomic E-state index is 0.119. The topological polar surface area (TPSA) is 38.1 Å². The van der Waals surface area contributed by atoms with E-state index < -0.39 is 0 Å². The lowest BCUT2D eigenvalue weighted by Crippen LogP contribution is -2.35. The molecule has 2 aromatic rings. The number of nitrogens with zero attached hydrogens (tertiary/aromatic N) is 3. The molecule has 0 N–H and O–H groups in total. The molecule has 0 radical (unpaired) electrons. The molecular weight excluding hydrogens is 294 g/mol. The Balaban J connectivity index is 2.11. The molecule has 92 valence electrons. The number of benzene rings is 1. The van der Waals surface area contributed by atoms with Gasteiger partial charge in [0.15, 0.2) is 0 Å². The maximum Gasteiger partial charge on any atom is 0.242 e. The minimum Gasteiger partial charge on any atom is -0.338 e. The van der Waals surface area contributed by atoms with Crippen molar-refractivity contribution in [3.8, 4) is 11.4 Å². The molecule has 4 nitrogen and oxygen atoms in total. The molecule has 0 atom stereocenters. The van der Waals surface area contributed by atoms with Crippen LogP contribution in [0.1, 0.15) is 5.69 Å². The Hall–Kier alpha value is -1.62. The zero-order valence-corrected chi connectivity index (χ0v) is 11.5. The average Bonchev–Trinajstić information content (AvgIpc) is 2.73. The van der Waals surface area contributed by atoms with Crippen molar-refractivity contribution in [1.29, 1.82) is 0 Å². The summed E-state index contributed by atoms with van der Waals surface area (Å²) in [5, 5.41) is 0. The molecule has 18 heavy (non-hydrogen) atoms. The first-order valence-electron chi connectivity index (χ1n) is 5.70. The molecule has 0 saturated carbocycles. The van der Waals surface area contributed by atoms with Gasteiger partial charge in [0.25, 0.3) is 0 Å². The second-order valence-corrected chi connectivity index (χ2v) is 5.24. The number of imidazole rings is 1. The van der Waals surface area contributed by atoms with Gasteiger partial charge in [-0.3, -0.25) is 4.79 Å². The van der Waals surface area contributed by atoms with E-state index in [2.05, 4.69) is 20.9 Å². The van der Waals surface area contributed by atoms with Gasteiger partial charge in [-0.2, -0.15) is 0 Å². The lowest BCUT2D eigenvalue weighted by molar-refractivity contribution is -0.132. The van der Waals surface area contributed by atoms with Crippen molar-refractivity contribution in [2.75, 3.05) is 7.05 Å². The standard InChI is InChI=1S/C13H12BrN3O/c1-16-7-9-6-15-13(17(9)8-12(16)18)10-4-2-3-5-11(10)14/h2-6H,7-8H2,1H3. The number of amides is 1. The Morgan fingerprint density at radius 2 is 2.06 bits per heavy atom. The van der Waals surface area contributed by atoms with Gasteiger partial charge in [0.2, 0.25) is 5.91 Å². The third kappa shape index (κ3) is 1.75. The van der Waals surface area contributed by atoms with E-state index in [9.17, 15) is 4.79 Å². The number of fused-ring (bicyclic) bond motifs is 1. The van der Waals surface area contributed by atoms with E-state index in [1.54, 1.807) is 4.90 Å². The fourth-order valence-corrected chi connectivity index (χ4v) is 2.62. The van der Waals surface area contributed by atoms with Gasteiger partial charge in [0.05, 0.1) is 18.4 Å². The van der Waals surface area contributed by atoms with Crippen LogP contribution in [0.4, 0.5) is 0 Å². The average molecular weight is 306 g/mol. The van der Waals surface area contributed by atoms with Gasteiger partial charge in [-0.25, -0.2) is 4.98 Å². The number of rotatable bonds is 1. The van der Waals surface area contributed by atoms with Gasteiger partial charge in [-0.05, 0) is 6.07 Å². The summed E-state index contributed by atoms with van der Waals surface area (Å²) in [5.41, 5.74) is 2.09. The zero-order chi connectivity index (χ0) is 12.7. The number of aromatic nitrogens is 2. The lowest BCUT2D eigenvalue weighted by Gasteiger charge is -2.25. The molecule has 1 aromatic heterocycles. The Bertz CT molecular complexity index is 620. The van der Waals surface area contributed by atoms with E-state index >= 15 is 0 Å². The highest BCUT2D eigenvalue weighted by Gasteiger charge is 2.23. The second-order valence-electron chi connectivity index (χ2n) is 4.39. The highest BCUT2D eigenvalue weighted by molar-refractivity contribution is 9.10. The molecule has 0 bridgehead atoms. The number of carbonyl (C=O) groups excluding carboxylic acids is 1. The maximum absolute atomic E-state index is 11.8. The molecule has 0 fully saturated rings. The Morgan fingerprint density at radius 3 is 2.83 bits per heavy atom. The van der Waals surface area contributed by atoms with Crippen LogP contribution in [0, 0.1) is 0 Å². The number of hydrogen-bond acceptors (Lipinski definition) is 2. The largest absolute Gasteiger partial charge is 0.338 e. The summed E-state index contributed by atoms with van der Waals surface area (Å²) in [6, 6.07) is 7.92. The molecule has 0 aliphatic carbocycles. The third-order valence-electron chi connectivity index (χ3n) is 3.17. The molecule has 0 unspecified atom stereocenters. The van der Waals surface area contributed by atoms with Crippen molar-refractivity contribution in [2.45, 2.75) is 13.1 Å². The molecule has 0 saturated heterocycles. The monoisotopic (exact) mass is 305 g/mol. The number of halogens is 1. The van der Waals surface area contributed by atoms with E-state index in [-0.39, 0.29) is 5.91 Å². The number of carbonyl (C=O) groups is 1. The SMILES string of the molecule is CN1Cc2cnc(-c3ccccc3Br)n2CC1=O. The summed E-state index contributed by atoms with van der Waals surface area (Å²) in [6.07, 6.45) is 1.84. The molecular formula is C13H12BrN3O. The Morgan fingerprint density at radius 1 is 1.28 bits per heavy atom. The first kappa shape index (κ1) is 11.5. The lowest BCUT2D eigenvalue weighted by atomic mass is 10.2. The summed E-state index contributed by atoms with van der Waals surface area (Å²) in [4.78, 5) is 18.0. The molecule has 1 amide bonds. The van der Waals surface area contributed by atoms with E-state index in [0.29, 0.717) is 13.1 Å². The Labute approximate surface area is 113 Å². The van der Waals surface area contributed by atoms with Crippen LogP contribution in [-0.4, -0.2) is 27.4 Å². The van der Waals surface area contributed by atoms with Crippen molar-refractivity contribution < 1.29 is 4.79 Å². The summed E-state index contributed by atoms with van der Waals surface area (Å²) in [7, 11) is 1.82. The molecule has 0 spiro atoms. The molecule has 1 aliphatic heterocycles. The number of hydrogen-bond donors (Lipinski definition) is 0. The smallest absolute Gasteiger partial charge is 0.242 e. The minimum absolute atomic E-state index is 0.119. The van der Waals surface area contributed by atoms with E-state index in [1.807, 2.05) is 42.1 Å². The maximum atomic E-state index is 11.8. The first-order valence-corrected chi connectivity index (χ1v) is 6.49. The molecule has 3 rings (SSSR count). The van der Waals surface area contributed by atoms with Gasteiger partial charge < -0.3 is 9.47 Å². The van der Waals surface area contributed by atoms with Gasteiger partial charge in [-0.15, -0.1) is 0 Å². The van der Waals surface area contributed by atoms with Crippen molar-refractivity contribution in [3.63, 3.8) is 0 Å². The predicted molar refractivity (Wildman–Crippen MR) is 71.8 cm³/mol. The fourth-order valence-electron chi connectivity index (χ4n) is 2.16. The van der Waals surface area contributed by atoms with Crippen molar-refractivity contribution in [1.82, 2.24) is 14.5 Å². The third-order valence-corrected chi connectivity index (χ3v) is 3.86. The summed E-state index contributed by atoms with van der Waals surface area (Å²) < 4.78 is 2.98. The molecule has 1 aliphatic rings. The number of likely N-dealkylation sites (N-methyl/N-ethyl adjacent to an activating group) is 1. The molecule has 2 heterocycles. The van der Waals surface area contributed by atoms with E-state index in [4.69, 9.17) is 0 Å². The van der Waals surface area contributed by atoms with E-state index in [1.165, 1.54) is 0 Å². The van der Waals surface area contributed by atoms with Crippen LogP contribution in [0.15, 0.2) is 34.9 Å². The van der Waals surface area contributed by atoms with Crippen molar-refractivity contribution >= 4 is 21.8 Å². The van der Waals surface area contributed by atoms with Gasteiger partial charge >= 0.3 is 0 Å². The predicted octanol–water partition coefficient (Wildman–Crippen LogP) is 2.28. The second kappa shape index (κ2) is 4.24. The van der Waals surface area contributed by atoms with E-state index in [0.717, 1.165) is 21.6 Å². The fraction of sp³-hybridized carbons (Fsp3) is 0.231. The zero-order valence-electron chi connectivity index (χ0n) is 9.93.